The third kappa shape index (κ3) is 8.46. The van der Waals surface area contributed by atoms with Gasteiger partial charge in [-0.2, -0.15) is 0 Å². The number of hydrogen-bond acceptors (Lipinski definition) is 10. The molecule has 3 aromatic carbocycles. The molecule has 6 aromatic rings. The van der Waals surface area contributed by atoms with E-state index in [1.807, 2.05) is 17.5 Å². The van der Waals surface area contributed by atoms with E-state index in [1.54, 1.807) is 60.8 Å². The Morgan fingerprint density at radius 3 is 2.62 bits per heavy atom. The molecule has 240 valence electrons. The second kappa shape index (κ2) is 14.9. The fraction of sp³-hybridized carbons (Fsp3) is 0.176. The Balaban J connectivity index is 1.05. The van der Waals surface area contributed by atoms with E-state index in [2.05, 4.69) is 20.3 Å². The van der Waals surface area contributed by atoms with Gasteiger partial charge in [-0.1, -0.05) is 41.9 Å². The molecule has 0 amide bonds. The fourth-order valence-electron chi connectivity index (χ4n) is 4.70. The van der Waals surface area contributed by atoms with Crippen molar-refractivity contribution < 1.29 is 22.3 Å². The lowest BCUT2D eigenvalue weighted by molar-refractivity contribution is 0.146. The van der Waals surface area contributed by atoms with E-state index in [0.29, 0.717) is 63.4 Å². The minimum atomic E-state index is -3.36. The van der Waals surface area contributed by atoms with Gasteiger partial charge in [-0.25, -0.2) is 27.8 Å². The zero-order chi connectivity index (χ0) is 32.6. The Morgan fingerprint density at radius 1 is 0.915 bits per heavy atom. The topological polar surface area (TPSA) is 116 Å². The van der Waals surface area contributed by atoms with Gasteiger partial charge in [-0.15, -0.1) is 11.3 Å². The number of pyridine rings is 1. The van der Waals surface area contributed by atoms with E-state index >= 15 is 0 Å². The molecular formula is C34H29ClFN5O4S2. The molecule has 0 radical (unpaired) electrons. The van der Waals surface area contributed by atoms with Crippen LogP contribution in [0.5, 0.6) is 5.75 Å². The molecule has 47 heavy (non-hydrogen) atoms. The highest BCUT2D eigenvalue weighted by Crippen LogP contribution is 2.32. The minimum absolute atomic E-state index is 0.0581. The molecule has 0 fully saturated rings. The first-order valence-electron chi connectivity index (χ1n) is 14.7. The van der Waals surface area contributed by atoms with Crippen LogP contribution in [0, 0.1) is 5.82 Å². The quantitative estimate of drug-likeness (QED) is 0.115. The number of aryl methyl sites for hydroxylation is 1. The fourth-order valence-corrected chi connectivity index (χ4v) is 6.92. The standard InChI is InChI=1S/C34H29ClFN5O4S2/c35-28-17-25(11-12-32(28)45-20-23-6-4-7-24(36)16-23)40-34-27-18-29(37-19-30(27)38-22-39-34)31-21-46-33(41-31)10-5-13-44-14-15-47(42,43)26-8-2-1-3-9-26/h1-4,6-9,11-12,16-19,21-22H,5,10,13-15,20H2,(H,38,39,40). The summed E-state index contributed by atoms with van der Waals surface area (Å²) in [5.41, 5.74) is 3.47. The molecule has 3 heterocycles. The first kappa shape index (κ1) is 32.5. The summed E-state index contributed by atoms with van der Waals surface area (Å²) >= 11 is 8.03. The molecule has 0 spiro atoms. The van der Waals surface area contributed by atoms with Crippen molar-refractivity contribution in [1.82, 2.24) is 19.9 Å². The van der Waals surface area contributed by atoms with Gasteiger partial charge in [-0.05, 0) is 60.5 Å². The Morgan fingerprint density at radius 2 is 1.79 bits per heavy atom. The third-order valence-electron chi connectivity index (χ3n) is 7.09. The van der Waals surface area contributed by atoms with Crippen molar-refractivity contribution in [2.24, 2.45) is 0 Å². The third-order valence-corrected chi connectivity index (χ3v) is 9.99. The SMILES string of the molecule is O=S(=O)(CCOCCCc1nc(-c2cc3c(Nc4ccc(OCc5cccc(F)c5)c(Cl)c4)ncnc3cn2)cs1)c1ccccc1. The molecule has 13 heteroatoms. The van der Waals surface area contributed by atoms with Crippen LogP contribution in [0.2, 0.25) is 5.02 Å². The minimum Gasteiger partial charge on any atom is -0.487 e. The summed E-state index contributed by atoms with van der Waals surface area (Å²) in [4.78, 5) is 18.4. The largest absolute Gasteiger partial charge is 0.487 e. The molecule has 0 aliphatic carbocycles. The molecule has 0 saturated heterocycles. The van der Waals surface area contributed by atoms with Crippen LogP contribution in [0.1, 0.15) is 17.0 Å². The monoisotopic (exact) mass is 689 g/mol. The van der Waals surface area contributed by atoms with Gasteiger partial charge in [0.1, 0.15) is 30.3 Å². The number of aromatic nitrogens is 4. The molecule has 0 aliphatic heterocycles. The van der Waals surface area contributed by atoms with Crippen LogP contribution >= 0.6 is 22.9 Å². The van der Waals surface area contributed by atoms with Crippen molar-refractivity contribution in [3.05, 3.63) is 118 Å². The lowest BCUT2D eigenvalue weighted by Gasteiger charge is -2.12. The van der Waals surface area contributed by atoms with Gasteiger partial charge in [-0.3, -0.25) is 4.98 Å². The molecular weight excluding hydrogens is 661 g/mol. The number of halogens is 2. The van der Waals surface area contributed by atoms with Gasteiger partial charge < -0.3 is 14.8 Å². The first-order valence-corrected chi connectivity index (χ1v) is 17.6. The van der Waals surface area contributed by atoms with Crippen molar-refractivity contribution in [3.8, 4) is 17.1 Å². The van der Waals surface area contributed by atoms with E-state index in [1.165, 1.54) is 29.8 Å². The summed E-state index contributed by atoms with van der Waals surface area (Å²) in [6, 6.07) is 21.8. The zero-order valence-corrected chi connectivity index (χ0v) is 27.4. The number of ether oxygens (including phenoxy) is 2. The molecule has 0 unspecified atom stereocenters. The second-order valence-electron chi connectivity index (χ2n) is 10.5. The smallest absolute Gasteiger partial charge is 0.180 e. The summed E-state index contributed by atoms with van der Waals surface area (Å²) < 4.78 is 49.7. The van der Waals surface area contributed by atoms with Crippen LogP contribution < -0.4 is 10.1 Å². The molecule has 3 aromatic heterocycles. The maximum absolute atomic E-state index is 13.5. The predicted molar refractivity (Wildman–Crippen MR) is 182 cm³/mol. The maximum atomic E-state index is 13.5. The van der Waals surface area contributed by atoms with Crippen molar-refractivity contribution >= 4 is 55.2 Å². The Bertz CT molecular complexity index is 2100. The number of anilines is 2. The number of hydrogen-bond donors (Lipinski definition) is 1. The summed E-state index contributed by atoms with van der Waals surface area (Å²) in [6.07, 6.45) is 4.55. The van der Waals surface area contributed by atoms with Crippen LogP contribution in [0.25, 0.3) is 22.3 Å². The highest BCUT2D eigenvalue weighted by atomic mass is 35.5. The highest BCUT2D eigenvalue weighted by molar-refractivity contribution is 7.91. The number of benzene rings is 3. The highest BCUT2D eigenvalue weighted by Gasteiger charge is 2.14. The van der Waals surface area contributed by atoms with Crippen LogP contribution in [-0.2, 0) is 27.6 Å². The average Bonchev–Trinajstić information content (AvgIpc) is 3.55. The molecule has 0 saturated carbocycles. The van der Waals surface area contributed by atoms with E-state index in [4.69, 9.17) is 26.1 Å². The van der Waals surface area contributed by atoms with Gasteiger partial charge >= 0.3 is 0 Å². The van der Waals surface area contributed by atoms with Gasteiger partial charge in [0.2, 0.25) is 0 Å². The molecule has 1 N–H and O–H groups in total. The Labute approximate surface area is 280 Å². The molecule has 0 aliphatic rings. The van der Waals surface area contributed by atoms with Crippen molar-refractivity contribution in [1.29, 1.82) is 0 Å². The lowest BCUT2D eigenvalue weighted by atomic mass is 10.2. The van der Waals surface area contributed by atoms with E-state index in [0.717, 1.165) is 16.1 Å². The Kier molecular flexibility index (Phi) is 10.3. The second-order valence-corrected chi connectivity index (χ2v) is 13.9. The zero-order valence-electron chi connectivity index (χ0n) is 25.0. The van der Waals surface area contributed by atoms with Gasteiger partial charge in [0.05, 0.1) is 50.4 Å². The summed E-state index contributed by atoms with van der Waals surface area (Å²) in [7, 11) is -3.36. The van der Waals surface area contributed by atoms with Crippen molar-refractivity contribution in [3.63, 3.8) is 0 Å². The van der Waals surface area contributed by atoms with Crippen LogP contribution in [0.15, 0.2) is 102 Å². The molecule has 9 nitrogen and oxygen atoms in total. The number of rotatable bonds is 14. The molecule has 6 rings (SSSR count). The maximum Gasteiger partial charge on any atom is 0.180 e. The number of nitrogens with one attached hydrogen (secondary N) is 1. The number of sulfone groups is 1. The number of fused-ring (bicyclic) bond motifs is 1. The van der Waals surface area contributed by atoms with Crippen LogP contribution in [-0.4, -0.2) is 47.3 Å². The van der Waals surface area contributed by atoms with Crippen LogP contribution in [0.3, 0.4) is 0 Å². The summed E-state index contributed by atoms with van der Waals surface area (Å²) in [5.74, 6) is 0.668. The average molecular weight is 690 g/mol. The summed E-state index contributed by atoms with van der Waals surface area (Å²) in [5, 5.41) is 7.34. The number of thiazole rings is 1. The van der Waals surface area contributed by atoms with Crippen LogP contribution in [0.4, 0.5) is 15.9 Å². The summed E-state index contributed by atoms with van der Waals surface area (Å²) in [6.45, 7) is 0.759. The van der Waals surface area contributed by atoms with E-state index in [-0.39, 0.29) is 24.8 Å². The predicted octanol–water partition coefficient (Wildman–Crippen LogP) is 7.69. The van der Waals surface area contributed by atoms with Gasteiger partial charge in [0.15, 0.2) is 9.84 Å². The molecule has 0 bridgehead atoms. The van der Waals surface area contributed by atoms with Crippen molar-refractivity contribution in [2.45, 2.75) is 24.3 Å². The van der Waals surface area contributed by atoms with E-state index < -0.39 is 9.84 Å². The Hall–Kier alpha value is -4.49. The first-order chi connectivity index (χ1) is 22.8. The van der Waals surface area contributed by atoms with Crippen molar-refractivity contribution in [2.75, 3.05) is 24.3 Å². The van der Waals surface area contributed by atoms with E-state index in [9.17, 15) is 12.8 Å². The number of nitrogens with zero attached hydrogens (tertiary/aromatic N) is 4. The normalized spacial score (nSPS) is 11.5. The lowest BCUT2D eigenvalue weighted by Crippen LogP contribution is -2.13. The van der Waals surface area contributed by atoms with Gasteiger partial charge in [0.25, 0.3) is 0 Å². The molecule has 0 atom stereocenters. The van der Waals surface area contributed by atoms with Gasteiger partial charge in [0, 0.05) is 29.5 Å².